The fourth-order valence-electron chi connectivity index (χ4n) is 3.32. The Morgan fingerprint density at radius 3 is 2.26 bits per heavy atom. The lowest BCUT2D eigenvalue weighted by molar-refractivity contribution is -0.137. The van der Waals surface area contributed by atoms with Gasteiger partial charge in [-0.1, -0.05) is 42.5 Å². The van der Waals surface area contributed by atoms with E-state index < -0.39 is 36.2 Å². The molecular weight excluding hydrogens is 446 g/mol. The number of benzene rings is 2. The van der Waals surface area contributed by atoms with Crippen LogP contribution in [0.1, 0.15) is 49.9 Å². The van der Waals surface area contributed by atoms with E-state index in [-0.39, 0.29) is 13.2 Å². The van der Waals surface area contributed by atoms with Crippen LogP contribution >= 0.6 is 0 Å². The SMILES string of the molecule is Cc1ccc(C(F)(F)F)cc1C=C(CNC(=O)OCc1ccccc1)B1OC(C)(C)C(C)(C)O1. The number of alkyl halides is 3. The van der Waals surface area contributed by atoms with Crippen LogP contribution in [-0.2, 0) is 26.8 Å². The highest BCUT2D eigenvalue weighted by Gasteiger charge is 2.52. The first-order valence-electron chi connectivity index (χ1n) is 11.0. The zero-order valence-corrected chi connectivity index (χ0v) is 20.0. The fraction of sp³-hybridized carbons (Fsp3) is 0.400. The number of amides is 1. The van der Waals surface area contributed by atoms with Crippen molar-refractivity contribution in [3.05, 3.63) is 76.3 Å². The molecule has 9 heteroatoms. The molecule has 0 bridgehead atoms. The molecule has 1 N–H and O–H groups in total. The number of nitrogens with one attached hydrogen (secondary N) is 1. The highest BCUT2D eigenvalue weighted by atomic mass is 19.4. The van der Waals surface area contributed by atoms with Crippen LogP contribution in [0.5, 0.6) is 0 Å². The van der Waals surface area contributed by atoms with Gasteiger partial charge in [0, 0.05) is 6.54 Å². The summed E-state index contributed by atoms with van der Waals surface area (Å²) in [4.78, 5) is 12.3. The van der Waals surface area contributed by atoms with Gasteiger partial charge in [-0.05, 0) is 68.9 Å². The molecule has 2 aromatic rings. The lowest BCUT2D eigenvalue weighted by atomic mass is 9.76. The summed E-state index contributed by atoms with van der Waals surface area (Å²) in [5, 5.41) is 2.66. The third-order valence-corrected chi connectivity index (χ3v) is 6.15. The van der Waals surface area contributed by atoms with E-state index in [0.717, 1.165) is 17.7 Å². The normalized spacial score (nSPS) is 17.5. The summed E-state index contributed by atoms with van der Waals surface area (Å²) in [6, 6.07) is 12.7. The van der Waals surface area contributed by atoms with E-state index in [1.807, 2.05) is 58.0 Å². The molecule has 0 aliphatic carbocycles. The summed E-state index contributed by atoms with van der Waals surface area (Å²) in [5.74, 6) is 0. The third-order valence-electron chi connectivity index (χ3n) is 6.15. The van der Waals surface area contributed by atoms with Crippen LogP contribution in [0.3, 0.4) is 0 Å². The minimum Gasteiger partial charge on any atom is -0.445 e. The molecule has 0 atom stereocenters. The van der Waals surface area contributed by atoms with Gasteiger partial charge in [-0.25, -0.2) is 4.79 Å². The largest absolute Gasteiger partial charge is 0.492 e. The van der Waals surface area contributed by atoms with Crippen molar-refractivity contribution in [2.75, 3.05) is 6.54 Å². The van der Waals surface area contributed by atoms with Crippen LogP contribution in [0.2, 0.25) is 0 Å². The molecule has 1 heterocycles. The van der Waals surface area contributed by atoms with Crippen molar-refractivity contribution >= 4 is 19.3 Å². The van der Waals surface area contributed by atoms with Gasteiger partial charge in [0.25, 0.3) is 0 Å². The van der Waals surface area contributed by atoms with Gasteiger partial charge in [0.1, 0.15) is 6.61 Å². The molecule has 5 nitrogen and oxygen atoms in total. The molecule has 1 aliphatic rings. The molecule has 1 saturated heterocycles. The Kier molecular flexibility index (Phi) is 7.48. The third kappa shape index (κ3) is 6.21. The Balaban J connectivity index is 1.83. The van der Waals surface area contributed by atoms with E-state index >= 15 is 0 Å². The molecule has 34 heavy (non-hydrogen) atoms. The second-order valence-corrected chi connectivity index (χ2v) is 9.29. The zero-order chi connectivity index (χ0) is 25.1. The van der Waals surface area contributed by atoms with Crippen LogP contribution in [0.4, 0.5) is 18.0 Å². The number of aryl methyl sites for hydroxylation is 1. The molecule has 2 aromatic carbocycles. The van der Waals surface area contributed by atoms with Crippen LogP contribution in [0, 0.1) is 6.92 Å². The fourth-order valence-corrected chi connectivity index (χ4v) is 3.32. The predicted molar refractivity (Wildman–Crippen MR) is 125 cm³/mol. The number of carbonyl (C=O) groups is 1. The van der Waals surface area contributed by atoms with E-state index in [1.54, 1.807) is 13.0 Å². The first-order chi connectivity index (χ1) is 15.8. The van der Waals surface area contributed by atoms with E-state index in [1.165, 1.54) is 6.07 Å². The minimum absolute atomic E-state index is 0.0276. The second-order valence-electron chi connectivity index (χ2n) is 9.29. The van der Waals surface area contributed by atoms with Gasteiger partial charge in [-0.3, -0.25) is 0 Å². The van der Waals surface area contributed by atoms with E-state index in [2.05, 4.69) is 5.32 Å². The van der Waals surface area contributed by atoms with Gasteiger partial charge in [0.05, 0.1) is 16.8 Å². The lowest BCUT2D eigenvalue weighted by Gasteiger charge is -2.32. The summed E-state index contributed by atoms with van der Waals surface area (Å²) < 4.78 is 57.3. The van der Waals surface area contributed by atoms with E-state index in [4.69, 9.17) is 14.0 Å². The number of halogens is 3. The van der Waals surface area contributed by atoms with Gasteiger partial charge >= 0.3 is 19.4 Å². The van der Waals surface area contributed by atoms with Crippen LogP contribution in [0.15, 0.2) is 54.0 Å². The molecular formula is C25H29BF3NO4. The van der Waals surface area contributed by atoms with Crippen molar-refractivity contribution in [3.8, 4) is 0 Å². The van der Waals surface area contributed by atoms with Gasteiger partial charge in [0.15, 0.2) is 0 Å². The van der Waals surface area contributed by atoms with E-state index in [9.17, 15) is 18.0 Å². The summed E-state index contributed by atoms with van der Waals surface area (Å²) >= 11 is 0. The minimum atomic E-state index is -4.47. The summed E-state index contributed by atoms with van der Waals surface area (Å²) in [6.07, 6.45) is -3.56. The van der Waals surface area contributed by atoms with Crippen molar-refractivity contribution in [3.63, 3.8) is 0 Å². The smallest absolute Gasteiger partial charge is 0.445 e. The Morgan fingerprint density at radius 1 is 1.06 bits per heavy atom. The number of alkyl carbamates (subject to hydrolysis) is 1. The number of hydrogen-bond donors (Lipinski definition) is 1. The lowest BCUT2D eigenvalue weighted by Crippen LogP contribution is -2.41. The Bertz CT molecular complexity index is 1040. The molecule has 182 valence electrons. The highest BCUT2D eigenvalue weighted by molar-refractivity contribution is 6.56. The maximum Gasteiger partial charge on any atom is 0.492 e. The zero-order valence-electron chi connectivity index (χ0n) is 20.0. The average molecular weight is 475 g/mol. The molecule has 1 aliphatic heterocycles. The summed E-state index contributed by atoms with van der Waals surface area (Å²) in [6.45, 7) is 9.29. The number of ether oxygens (including phenoxy) is 1. The van der Waals surface area contributed by atoms with E-state index in [0.29, 0.717) is 16.6 Å². The molecule has 3 rings (SSSR count). The maximum absolute atomic E-state index is 13.3. The van der Waals surface area contributed by atoms with Crippen LogP contribution < -0.4 is 5.32 Å². The van der Waals surface area contributed by atoms with Crippen molar-refractivity contribution < 1.29 is 32.0 Å². The molecule has 0 saturated carbocycles. The topological polar surface area (TPSA) is 56.8 Å². The van der Waals surface area contributed by atoms with Crippen molar-refractivity contribution in [2.45, 2.75) is 58.6 Å². The highest BCUT2D eigenvalue weighted by Crippen LogP contribution is 2.39. The second kappa shape index (κ2) is 9.84. The maximum atomic E-state index is 13.3. The number of rotatable bonds is 6. The monoisotopic (exact) mass is 475 g/mol. The standard InChI is InChI=1S/C25H29BF3NO4/c1-17-11-12-20(25(27,28)29)13-19(17)14-21(26-33-23(2,3)24(4,5)34-26)15-30-22(31)32-16-18-9-7-6-8-10-18/h6-14H,15-16H2,1-5H3,(H,30,31). The Labute approximate surface area is 198 Å². The van der Waals surface area contributed by atoms with Gasteiger partial charge in [-0.15, -0.1) is 0 Å². The van der Waals surface area contributed by atoms with Crippen LogP contribution in [-0.4, -0.2) is 31.0 Å². The Hall–Kier alpha value is -2.78. The number of hydrogen-bond acceptors (Lipinski definition) is 4. The molecule has 0 aromatic heterocycles. The van der Waals surface area contributed by atoms with Crippen LogP contribution in [0.25, 0.3) is 6.08 Å². The predicted octanol–water partition coefficient (Wildman–Crippen LogP) is 5.96. The Morgan fingerprint density at radius 2 is 1.68 bits per heavy atom. The molecule has 0 spiro atoms. The van der Waals surface area contributed by atoms with Crippen molar-refractivity contribution in [1.29, 1.82) is 0 Å². The number of carbonyl (C=O) groups excluding carboxylic acids is 1. The summed E-state index contributed by atoms with van der Waals surface area (Å²) in [7, 11) is -0.853. The van der Waals surface area contributed by atoms with Gasteiger partial charge in [-0.2, -0.15) is 13.2 Å². The first-order valence-corrected chi connectivity index (χ1v) is 11.0. The first kappa shape index (κ1) is 25.8. The van der Waals surface area contributed by atoms with Gasteiger partial charge < -0.3 is 19.4 Å². The molecule has 1 amide bonds. The van der Waals surface area contributed by atoms with Crippen molar-refractivity contribution in [2.24, 2.45) is 0 Å². The molecule has 1 fully saturated rings. The van der Waals surface area contributed by atoms with Crippen molar-refractivity contribution in [1.82, 2.24) is 5.32 Å². The molecule has 0 radical (unpaired) electrons. The average Bonchev–Trinajstić information content (AvgIpc) is 2.97. The summed E-state index contributed by atoms with van der Waals surface area (Å²) in [5.41, 5.74) is 0.234. The quantitative estimate of drug-likeness (QED) is 0.525. The van der Waals surface area contributed by atoms with Gasteiger partial charge in [0.2, 0.25) is 0 Å². The molecule has 0 unspecified atom stereocenters.